The number of amides is 1. The molecular formula is C19H23N3O5. The van der Waals surface area contributed by atoms with Gasteiger partial charge in [0.15, 0.2) is 6.61 Å². The maximum absolute atomic E-state index is 12.8. The lowest BCUT2D eigenvalue weighted by Gasteiger charge is -2.28. The van der Waals surface area contributed by atoms with E-state index >= 15 is 0 Å². The summed E-state index contributed by atoms with van der Waals surface area (Å²) < 4.78 is 10.5. The second-order valence-electron chi connectivity index (χ2n) is 7.14. The van der Waals surface area contributed by atoms with E-state index in [4.69, 9.17) is 9.26 Å². The second kappa shape index (κ2) is 7.38. The number of carbonyl (C=O) groups excluding carboxylic acids is 1. The van der Waals surface area contributed by atoms with Crippen molar-refractivity contribution in [2.24, 2.45) is 11.3 Å². The third kappa shape index (κ3) is 3.79. The van der Waals surface area contributed by atoms with E-state index < -0.39 is 11.4 Å². The second-order valence-corrected chi connectivity index (χ2v) is 7.14. The standard InChI is InChI=1S/C19H23N3O5/c1-12(2)19(18(24)25)7-8-22(11-19)17(23)14-5-4-6-15(9-14)26-10-16-20-13(3)27-21-16/h4-6,9,12H,7-8,10-11H2,1-3H3,(H,24,25). The number of aromatic nitrogens is 2. The molecule has 1 atom stereocenters. The zero-order valence-corrected chi connectivity index (χ0v) is 15.6. The Morgan fingerprint density at radius 3 is 2.78 bits per heavy atom. The fourth-order valence-electron chi connectivity index (χ4n) is 3.35. The average molecular weight is 373 g/mol. The van der Waals surface area contributed by atoms with Crippen molar-refractivity contribution in [1.82, 2.24) is 15.0 Å². The summed E-state index contributed by atoms with van der Waals surface area (Å²) in [5.74, 6) is 0.294. The molecular weight excluding hydrogens is 350 g/mol. The number of likely N-dealkylation sites (tertiary alicyclic amines) is 1. The highest BCUT2D eigenvalue weighted by atomic mass is 16.5. The first-order chi connectivity index (χ1) is 12.8. The Morgan fingerprint density at radius 1 is 1.41 bits per heavy atom. The number of ether oxygens (including phenoxy) is 1. The number of hydrogen-bond acceptors (Lipinski definition) is 6. The van der Waals surface area contributed by atoms with Gasteiger partial charge in [0.2, 0.25) is 11.7 Å². The number of hydrogen-bond donors (Lipinski definition) is 1. The molecule has 1 aromatic carbocycles. The van der Waals surface area contributed by atoms with E-state index in [1.54, 1.807) is 36.1 Å². The molecule has 2 heterocycles. The Balaban J connectivity index is 1.69. The van der Waals surface area contributed by atoms with Crippen LogP contribution in [-0.4, -0.2) is 45.1 Å². The van der Waals surface area contributed by atoms with Gasteiger partial charge in [-0.2, -0.15) is 4.98 Å². The number of carboxylic acids is 1. The molecule has 3 rings (SSSR count). The van der Waals surface area contributed by atoms with Crippen LogP contribution < -0.4 is 4.74 Å². The van der Waals surface area contributed by atoms with Gasteiger partial charge in [0.25, 0.3) is 5.91 Å². The minimum Gasteiger partial charge on any atom is -0.485 e. The Morgan fingerprint density at radius 2 is 2.19 bits per heavy atom. The molecule has 1 saturated heterocycles. The number of aliphatic carboxylic acids is 1. The lowest BCUT2D eigenvalue weighted by molar-refractivity contribution is -0.150. The topological polar surface area (TPSA) is 106 Å². The molecule has 0 radical (unpaired) electrons. The van der Waals surface area contributed by atoms with Crippen molar-refractivity contribution in [2.45, 2.75) is 33.8 Å². The van der Waals surface area contributed by atoms with E-state index in [0.29, 0.717) is 36.0 Å². The van der Waals surface area contributed by atoms with Crippen molar-refractivity contribution < 1.29 is 24.0 Å². The monoisotopic (exact) mass is 373 g/mol. The van der Waals surface area contributed by atoms with Crippen molar-refractivity contribution in [1.29, 1.82) is 0 Å². The number of nitrogens with zero attached hydrogens (tertiary/aromatic N) is 3. The molecule has 144 valence electrons. The molecule has 1 aromatic heterocycles. The lowest BCUT2D eigenvalue weighted by Crippen LogP contribution is -2.40. The first kappa shape index (κ1) is 18.9. The Labute approximate surface area is 157 Å². The third-order valence-corrected chi connectivity index (χ3v) is 5.14. The molecule has 27 heavy (non-hydrogen) atoms. The third-order valence-electron chi connectivity index (χ3n) is 5.14. The highest BCUT2D eigenvalue weighted by Crippen LogP contribution is 2.38. The Bertz CT molecular complexity index is 847. The summed E-state index contributed by atoms with van der Waals surface area (Å²) in [5.41, 5.74) is -0.429. The molecule has 8 heteroatoms. The van der Waals surface area contributed by atoms with Crippen molar-refractivity contribution in [3.63, 3.8) is 0 Å². The van der Waals surface area contributed by atoms with Crippen molar-refractivity contribution >= 4 is 11.9 Å². The van der Waals surface area contributed by atoms with Crippen LogP contribution in [-0.2, 0) is 11.4 Å². The van der Waals surface area contributed by atoms with Crippen LogP contribution in [0.15, 0.2) is 28.8 Å². The summed E-state index contributed by atoms with van der Waals surface area (Å²) in [7, 11) is 0. The molecule has 1 unspecified atom stereocenters. The molecule has 1 amide bonds. The summed E-state index contributed by atoms with van der Waals surface area (Å²) >= 11 is 0. The molecule has 2 aromatic rings. The van der Waals surface area contributed by atoms with Crippen molar-refractivity contribution in [2.75, 3.05) is 13.1 Å². The van der Waals surface area contributed by atoms with Crippen molar-refractivity contribution in [3.8, 4) is 5.75 Å². The first-order valence-corrected chi connectivity index (χ1v) is 8.86. The van der Waals surface area contributed by atoms with Gasteiger partial charge in [-0.05, 0) is 30.5 Å². The predicted octanol–water partition coefficient (Wildman–Crippen LogP) is 2.53. The number of carboxylic acid groups (broad SMARTS) is 1. The van der Waals surface area contributed by atoms with E-state index in [1.807, 2.05) is 13.8 Å². The number of carbonyl (C=O) groups is 2. The zero-order chi connectivity index (χ0) is 19.6. The fourth-order valence-corrected chi connectivity index (χ4v) is 3.35. The Kier molecular flexibility index (Phi) is 5.16. The molecule has 0 aliphatic carbocycles. The fraction of sp³-hybridized carbons (Fsp3) is 0.474. The average Bonchev–Trinajstić information content (AvgIpc) is 3.27. The van der Waals surface area contributed by atoms with Crippen LogP contribution in [0.2, 0.25) is 0 Å². The van der Waals surface area contributed by atoms with Crippen LogP contribution in [0.5, 0.6) is 5.75 Å². The van der Waals surface area contributed by atoms with E-state index in [0.717, 1.165) is 0 Å². The van der Waals surface area contributed by atoms with Crippen LogP contribution in [0.4, 0.5) is 0 Å². The highest BCUT2D eigenvalue weighted by Gasteiger charge is 2.48. The molecule has 1 aliphatic rings. The number of rotatable bonds is 6. The minimum atomic E-state index is -0.889. The predicted molar refractivity (Wildman–Crippen MR) is 95.2 cm³/mol. The summed E-state index contributed by atoms with van der Waals surface area (Å²) in [5, 5.41) is 13.4. The van der Waals surface area contributed by atoms with Gasteiger partial charge in [-0.3, -0.25) is 9.59 Å². The molecule has 1 N–H and O–H groups in total. The van der Waals surface area contributed by atoms with Gasteiger partial charge >= 0.3 is 5.97 Å². The molecule has 8 nitrogen and oxygen atoms in total. The van der Waals surface area contributed by atoms with E-state index in [9.17, 15) is 14.7 Å². The lowest BCUT2D eigenvalue weighted by atomic mass is 9.76. The van der Waals surface area contributed by atoms with Gasteiger partial charge in [-0.1, -0.05) is 25.1 Å². The summed E-state index contributed by atoms with van der Waals surface area (Å²) in [4.78, 5) is 30.3. The molecule has 0 saturated carbocycles. The van der Waals surface area contributed by atoms with E-state index in [-0.39, 0.29) is 25.0 Å². The molecule has 0 bridgehead atoms. The van der Waals surface area contributed by atoms with Crippen LogP contribution in [0.25, 0.3) is 0 Å². The van der Waals surface area contributed by atoms with E-state index in [1.165, 1.54) is 0 Å². The quantitative estimate of drug-likeness (QED) is 0.829. The van der Waals surface area contributed by atoms with Gasteiger partial charge in [0, 0.05) is 25.6 Å². The largest absolute Gasteiger partial charge is 0.485 e. The van der Waals surface area contributed by atoms with Gasteiger partial charge in [0.05, 0.1) is 5.41 Å². The van der Waals surface area contributed by atoms with Gasteiger partial charge in [0.1, 0.15) is 5.75 Å². The maximum atomic E-state index is 12.8. The molecule has 1 fully saturated rings. The van der Waals surface area contributed by atoms with Gasteiger partial charge < -0.3 is 19.3 Å². The molecule has 0 spiro atoms. The Hall–Kier alpha value is -2.90. The first-order valence-electron chi connectivity index (χ1n) is 8.86. The minimum absolute atomic E-state index is 0.0547. The van der Waals surface area contributed by atoms with Crippen LogP contribution in [0, 0.1) is 18.3 Å². The normalized spacial score (nSPS) is 19.5. The zero-order valence-electron chi connectivity index (χ0n) is 15.6. The van der Waals surface area contributed by atoms with Crippen LogP contribution in [0.1, 0.15) is 42.3 Å². The number of aryl methyl sites for hydroxylation is 1. The van der Waals surface area contributed by atoms with E-state index in [2.05, 4.69) is 10.1 Å². The summed E-state index contributed by atoms with van der Waals surface area (Å²) in [6.07, 6.45) is 0.457. The maximum Gasteiger partial charge on any atom is 0.311 e. The van der Waals surface area contributed by atoms with Gasteiger partial charge in [-0.25, -0.2) is 0 Å². The summed E-state index contributed by atoms with van der Waals surface area (Å²) in [6, 6.07) is 6.81. The smallest absolute Gasteiger partial charge is 0.311 e. The number of benzene rings is 1. The van der Waals surface area contributed by atoms with Crippen LogP contribution >= 0.6 is 0 Å². The summed E-state index contributed by atoms with van der Waals surface area (Å²) in [6.45, 7) is 6.24. The van der Waals surface area contributed by atoms with Gasteiger partial charge in [-0.15, -0.1) is 0 Å². The molecule has 1 aliphatic heterocycles. The van der Waals surface area contributed by atoms with Crippen molar-refractivity contribution in [3.05, 3.63) is 41.5 Å². The SMILES string of the molecule is Cc1nc(COc2cccc(C(=O)N3CCC(C(=O)O)(C(C)C)C3)c2)no1. The highest BCUT2D eigenvalue weighted by molar-refractivity contribution is 5.95. The van der Waals surface area contributed by atoms with Crippen LogP contribution in [0.3, 0.4) is 0 Å².